The number of amides is 1. The first-order valence-electron chi connectivity index (χ1n) is 7.44. The van der Waals surface area contributed by atoms with E-state index in [4.69, 9.17) is 4.74 Å². The van der Waals surface area contributed by atoms with E-state index in [1.165, 1.54) is 6.20 Å². The summed E-state index contributed by atoms with van der Waals surface area (Å²) in [5.74, 6) is -0.191. The molecule has 2 aliphatic heterocycles. The number of nitrogens with zero attached hydrogens (tertiary/aromatic N) is 4. The minimum atomic E-state index is -0.643. The molecule has 0 saturated carbocycles. The first kappa shape index (κ1) is 13.4. The zero-order valence-corrected chi connectivity index (χ0v) is 12.1. The summed E-state index contributed by atoms with van der Waals surface area (Å²) in [5, 5.41) is 4.12. The van der Waals surface area contributed by atoms with Crippen LogP contribution in [0.2, 0.25) is 0 Å². The fourth-order valence-corrected chi connectivity index (χ4v) is 3.29. The predicted molar refractivity (Wildman–Crippen MR) is 76.4 cm³/mol. The minimum Gasteiger partial charge on any atom is -0.367 e. The molecule has 0 bridgehead atoms. The Morgan fingerprint density at radius 2 is 2.27 bits per heavy atom. The molecule has 1 atom stereocenters. The second-order valence-corrected chi connectivity index (χ2v) is 5.79. The normalized spacial score (nSPS) is 25.3. The Kier molecular flexibility index (Phi) is 2.97. The quantitative estimate of drug-likeness (QED) is 0.774. The summed E-state index contributed by atoms with van der Waals surface area (Å²) in [7, 11) is 0. The summed E-state index contributed by atoms with van der Waals surface area (Å²) in [6.45, 7) is 1.26. The van der Waals surface area contributed by atoms with Crippen molar-refractivity contribution in [2.24, 2.45) is 0 Å². The van der Waals surface area contributed by atoms with Crippen LogP contribution in [0.5, 0.6) is 0 Å². The van der Waals surface area contributed by atoms with E-state index < -0.39 is 5.60 Å². The summed E-state index contributed by atoms with van der Waals surface area (Å²) in [5.41, 5.74) is 0.296. The second-order valence-electron chi connectivity index (χ2n) is 5.79. The lowest BCUT2D eigenvalue weighted by molar-refractivity contribution is -0.144. The number of hydrogen-bond acceptors (Lipinski definition) is 5. The largest absolute Gasteiger partial charge is 0.367 e. The van der Waals surface area contributed by atoms with Gasteiger partial charge in [0.1, 0.15) is 11.2 Å². The molecule has 2 aliphatic rings. The number of likely N-dealkylation sites (tertiary alicyclic amines) is 1. The first-order chi connectivity index (χ1) is 10.7. The lowest BCUT2D eigenvalue weighted by Gasteiger charge is -2.36. The van der Waals surface area contributed by atoms with Crippen molar-refractivity contribution in [1.29, 1.82) is 0 Å². The van der Waals surface area contributed by atoms with E-state index in [1.807, 2.05) is 0 Å². The number of hydrogen-bond donors (Lipinski definition) is 0. The molecular formula is C15H16N4O3. The van der Waals surface area contributed by atoms with Crippen LogP contribution in [0, 0.1) is 0 Å². The average molecular weight is 300 g/mol. The molecule has 22 heavy (non-hydrogen) atoms. The van der Waals surface area contributed by atoms with Crippen molar-refractivity contribution in [3.05, 3.63) is 30.2 Å². The van der Waals surface area contributed by atoms with Gasteiger partial charge in [0.15, 0.2) is 11.4 Å². The lowest BCUT2D eigenvalue weighted by atomic mass is 9.87. The molecule has 2 fully saturated rings. The third-order valence-electron chi connectivity index (χ3n) is 4.53. The SMILES string of the molecule is O=C(c1cnn2cccnc12)N1CC[C@@]2(CCCO2)C(=O)C1. The van der Waals surface area contributed by atoms with Crippen LogP contribution >= 0.6 is 0 Å². The van der Waals surface area contributed by atoms with Gasteiger partial charge in [-0.25, -0.2) is 9.50 Å². The number of fused-ring (bicyclic) bond motifs is 1. The number of aromatic nitrogens is 3. The zero-order valence-electron chi connectivity index (χ0n) is 12.1. The summed E-state index contributed by atoms with van der Waals surface area (Å²) in [4.78, 5) is 30.8. The van der Waals surface area contributed by atoms with Crippen LogP contribution in [-0.2, 0) is 9.53 Å². The highest BCUT2D eigenvalue weighted by Gasteiger charge is 2.46. The minimum absolute atomic E-state index is 0.00836. The third kappa shape index (κ3) is 1.93. The number of carbonyl (C=O) groups excluding carboxylic acids is 2. The van der Waals surface area contributed by atoms with Crippen molar-refractivity contribution in [2.45, 2.75) is 24.9 Å². The summed E-state index contributed by atoms with van der Waals surface area (Å²) >= 11 is 0. The highest BCUT2D eigenvalue weighted by molar-refractivity contribution is 6.02. The van der Waals surface area contributed by atoms with E-state index in [0.29, 0.717) is 30.8 Å². The van der Waals surface area contributed by atoms with Crippen molar-refractivity contribution < 1.29 is 14.3 Å². The molecule has 7 heteroatoms. The number of piperidine rings is 1. The molecule has 0 aliphatic carbocycles. The van der Waals surface area contributed by atoms with Gasteiger partial charge in [0.05, 0.1) is 12.7 Å². The fraction of sp³-hybridized carbons (Fsp3) is 0.467. The Morgan fingerprint density at radius 3 is 3.05 bits per heavy atom. The molecule has 7 nitrogen and oxygen atoms in total. The molecule has 0 unspecified atom stereocenters. The van der Waals surface area contributed by atoms with E-state index in [-0.39, 0.29) is 18.2 Å². The van der Waals surface area contributed by atoms with Crippen LogP contribution in [0.3, 0.4) is 0 Å². The van der Waals surface area contributed by atoms with Crippen molar-refractivity contribution in [2.75, 3.05) is 19.7 Å². The third-order valence-corrected chi connectivity index (χ3v) is 4.53. The Labute approximate surface area is 126 Å². The number of Topliss-reactive ketones (excluding diaryl/α,β-unsaturated/α-hetero) is 1. The Bertz CT molecular complexity index is 748. The molecular weight excluding hydrogens is 284 g/mol. The summed E-state index contributed by atoms with van der Waals surface area (Å²) in [6.07, 6.45) is 7.12. The standard InChI is InChI=1S/C15H16N4O3/c20-12-10-18(7-4-15(12)3-1-8-22-15)14(21)11-9-17-19-6-2-5-16-13(11)19/h2,5-6,9H,1,3-4,7-8,10H2/t15-/m0/s1. The van der Waals surface area contributed by atoms with Crippen molar-refractivity contribution in [1.82, 2.24) is 19.5 Å². The molecule has 2 aromatic heterocycles. The van der Waals surface area contributed by atoms with Gasteiger partial charge < -0.3 is 9.64 Å². The molecule has 2 saturated heterocycles. The topological polar surface area (TPSA) is 76.8 Å². The smallest absolute Gasteiger partial charge is 0.259 e. The molecule has 0 N–H and O–H groups in total. The van der Waals surface area contributed by atoms with Gasteiger partial charge in [-0.1, -0.05) is 0 Å². The molecule has 114 valence electrons. The van der Waals surface area contributed by atoms with Crippen LogP contribution in [0.4, 0.5) is 0 Å². The zero-order chi connectivity index (χ0) is 15.2. The maximum Gasteiger partial charge on any atom is 0.259 e. The monoisotopic (exact) mass is 300 g/mol. The number of carbonyl (C=O) groups is 2. The second kappa shape index (κ2) is 4.88. The molecule has 0 radical (unpaired) electrons. The van der Waals surface area contributed by atoms with Gasteiger partial charge in [-0.15, -0.1) is 0 Å². The van der Waals surface area contributed by atoms with Gasteiger partial charge in [-0.3, -0.25) is 9.59 Å². The van der Waals surface area contributed by atoms with Crippen molar-refractivity contribution >= 4 is 17.3 Å². The van der Waals surface area contributed by atoms with Crippen molar-refractivity contribution in [3.8, 4) is 0 Å². The molecule has 4 heterocycles. The van der Waals surface area contributed by atoms with Crippen LogP contribution in [0.25, 0.3) is 5.65 Å². The van der Waals surface area contributed by atoms with Crippen LogP contribution in [0.15, 0.2) is 24.7 Å². The van der Waals surface area contributed by atoms with Gasteiger partial charge in [0.2, 0.25) is 0 Å². The van der Waals surface area contributed by atoms with Crippen molar-refractivity contribution in [3.63, 3.8) is 0 Å². The molecule has 0 aromatic carbocycles. The van der Waals surface area contributed by atoms with Crippen LogP contribution in [-0.4, -0.2) is 56.5 Å². The van der Waals surface area contributed by atoms with E-state index in [9.17, 15) is 9.59 Å². The van der Waals surface area contributed by atoms with Crippen LogP contribution < -0.4 is 0 Å². The maximum absolute atomic E-state index is 12.7. The van der Waals surface area contributed by atoms with Gasteiger partial charge in [0, 0.05) is 32.0 Å². The van der Waals surface area contributed by atoms with Crippen LogP contribution in [0.1, 0.15) is 29.6 Å². The number of ether oxygens (including phenoxy) is 1. The summed E-state index contributed by atoms with van der Waals surface area (Å²) in [6, 6.07) is 1.75. The molecule has 2 aromatic rings. The predicted octanol–water partition coefficient (Wildman–Crippen LogP) is 0.693. The molecule has 1 spiro atoms. The number of rotatable bonds is 1. The fourth-order valence-electron chi connectivity index (χ4n) is 3.29. The van der Waals surface area contributed by atoms with Gasteiger partial charge in [-0.05, 0) is 18.9 Å². The maximum atomic E-state index is 12.7. The summed E-state index contributed by atoms with van der Waals surface area (Å²) < 4.78 is 7.22. The van der Waals surface area contributed by atoms with Gasteiger partial charge >= 0.3 is 0 Å². The Balaban J connectivity index is 1.58. The average Bonchev–Trinajstić information content (AvgIpc) is 3.17. The van der Waals surface area contributed by atoms with E-state index in [2.05, 4.69) is 10.1 Å². The Hall–Kier alpha value is -2.28. The van der Waals surface area contributed by atoms with E-state index in [1.54, 1.807) is 27.9 Å². The first-order valence-corrected chi connectivity index (χ1v) is 7.44. The number of ketones is 1. The lowest BCUT2D eigenvalue weighted by Crippen LogP contribution is -2.53. The van der Waals surface area contributed by atoms with Gasteiger partial charge in [-0.2, -0.15) is 5.10 Å². The molecule has 4 rings (SSSR count). The molecule has 1 amide bonds. The highest BCUT2D eigenvalue weighted by Crippen LogP contribution is 2.33. The highest BCUT2D eigenvalue weighted by atomic mass is 16.5. The van der Waals surface area contributed by atoms with Gasteiger partial charge in [0.25, 0.3) is 5.91 Å². The van der Waals surface area contributed by atoms with E-state index >= 15 is 0 Å². The van der Waals surface area contributed by atoms with E-state index in [0.717, 1.165) is 12.8 Å². The Morgan fingerprint density at radius 1 is 1.36 bits per heavy atom.